The third kappa shape index (κ3) is 3.44. The molecule has 0 bridgehead atoms. The average molecular weight is 270 g/mol. The summed E-state index contributed by atoms with van der Waals surface area (Å²) in [6, 6.07) is 0. The molecule has 1 saturated heterocycles. The Kier molecular flexibility index (Phi) is 4.86. The molecular formula is C13H22N2S2. The van der Waals surface area contributed by atoms with E-state index in [4.69, 9.17) is 0 Å². The van der Waals surface area contributed by atoms with Crippen molar-refractivity contribution in [2.45, 2.75) is 55.4 Å². The molecule has 0 amide bonds. The molecule has 17 heavy (non-hydrogen) atoms. The first-order valence-electron chi connectivity index (χ1n) is 6.55. The van der Waals surface area contributed by atoms with E-state index in [1.165, 1.54) is 31.4 Å². The van der Waals surface area contributed by atoms with Gasteiger partial charge < -0.3 is 4.57 Å². The van der Waals surface area contributed by atoms with E-state index in [1.807, 2.05) is 12.5 Å². The van der Waals surface area contributed by atoms with Gasteiger partial charge in [-0.2, -0.15) is 0 Å². The van der Waals surface area contributed by atoms with Crippen LogP contribution in [0.1, 0.15) is 39.5 Å². The molecule has 1 aromatic rings. The Labute approximate surface area is 113 Å². The molecule has 0 saturated carbocycles. The Morgan fingerprint density at radius 2 is 2.35 bits per heavy atom. The molecule has 2 atom stereocenters. The van der Waals surface area contributed by atoms with Crippen LogP contribution in [0, 0.1) is 0 Å². The molecule has 1 fully saturated rings. The second kappa shape index (κ2) is 6.19. The molecule has 0 radical (unpaired) electrons. The molecule has 2 heterocycles. The zero-order valence-corrected chi connectivity index (χ0v) is 12.4. The van der Waals surface area contributed by atoms with Gasteiger partial charge in [0, 0.05) is 29.9 Å². The summed E-state index contributed by atoms with van der Waals surface area (Å²) in [5.74, 6) is 1.35. The summed E-state index contributed by atoms with van der Waals surface area (Å²) in [4.78, 5) is 4.09. The topological polar surface area (TPSA) is 17.8 Å². The summed E-state index contributed by atoms with van der Waals surface area (Å²) in [5.41, 5.74) is 0. The van der Waals surface area contributed by atoms with Crippen LogP contribution in [0.5, 0.6) is 0 Å². The summed E-state index contributed by atoms with van der Waals surface area (Å²) < 4.78 is 2.69. The van der Waals surface area contributed by atoms with Crippen molar-refractivity contribution in [3.05, 3.63) is 18.7 Å². The second-order valence-corrected chi connectivity index (χ2v) is 7.97. The molecule has 2 nitrogen and oxygen atoms in total. The minimum absolute atomic E-state index is 0.501. The van der Waals surface area contributed by atoms with E-state index in [2.05, 4.69) is 53.1 Å². The minimum atomic E-state index is 0.501. The molecule has 96 valence electrons. The van der Waals surface area contributed by atoms with E-state index >= 15 is 0 Å². The number of nitrogens with zero attached hydrogens (tertiary/aromatic N) is 2. The van der Waals surface area contributed by atoms with Crippen molar-refractivity contribution in [2.75, 3.05) is 5.75 Å². The van der Waals surface area contributed by atoms with Gasteiger partial charge in [0.15, 0.2) is 0 Å². The summed E-state index contributed by atoms with van der Waals surface area (Å²) in [7, 11) is 0. The molecular weight excluding hydrogens is 248 g/mol. The molecule has 4 heteroatoms. The van der Waals surface area contributed by atoms with Gasteiger partial charge in [0.2, 0.25) is 0 Å². The van der Waals surface area contributed by atoms with Gasteiger partial charge in [-0.3, -0.25) is 0 Å². The summed E-state index contributed by atoms with van der Waals surface area (Å²) in [6.45, 7) is 5.77. The van der Waals surface area contributed by atoms with Crippen LogP contribution >= 0.6 is 23.5 Å². The number of imidazole rings is 1. The number of aromatic nitrogens is 2. The zero-order valence-electron chi connectivity index (χ0n) is 10.8. The highest BCUT2D eigenvalue weighted by molar-refractivity contribution is 8.21. The first-order valence-corrected chi connectivity index (χ1v) is 8.42. The Morgan fingerprint density at radius 1 is 1.47 bits per heavy atom. The van der Waals surface area contributed by atoms with E-state index in [0.29, 0.717) is 4.08 Å². The number of thioether (sulfide) groups is 2. The minimum Gasteiger partial charge on any atom is -0.337 e. The molecule has 1 aliphatic rings. The third-order valence-corrected chi connectivity index (χ3v) is 7.64. The molecule has 2 rings (SSSR count). The van der Waals surface area contributed by atoms with Gasteiger partial charge in [0.05, 0.1) is 10.4 Å². The van der Waals surface area contributed by atoms with Crippen LogP contribution in [0.2, 0.25) is 0 Å². The van der Waals surface area contributed by atoms with Gasteiger partial charge in [-0.05, 0) is 25.7 Å². The van der Waals surface area contributed by atoms with Gasteiger partial charge in [-0.15, -0.1) is 23.5 Å². The van der Waals surface area contributed by atoms with Gasteiger partial charge >= 0.3 is 0 Å². The lowest BCUT2D eigenvalue weighted by molar-refractivity contribution is 0.573. The molecule has 1 aliphatic heterocycles. The molecule has 1 aromatic heterocycles. The number of hydrogen-bond donors (Lipinski definition) is 0. The zero-order chi connectivity index (χ0) is 12.1. The summed E-state index contributed by atoms with van der Waals surface area (Å²) in [5, 5.41) is 0.883. The van der Waals surface area contributed by atoms with E-state index < -0.39 is 0 Å². The van der Waals surface area contributed by atoms with Crippen LogP contribution in [-0.2, 0) is 6.54 Å². The van der Waals surface area contributed by atoms with Crippen LogP contribution in [0.15, 0.2) is 18.7 Å². The van der Waals surface area contributed by atoms with Crippen LogP contribution < -0.4 is 0 Å². The van der Waals surface area contributed by atoms with Crippen molar-refractivity contribution in [1.82, 2.24) is 9.55 Å². The normalized spacial score (nSPS) is 28.7. The van der Waals surface area contributed by atoms with Gasteiger partial charge in [-0.25, -0.2) is 4.98 Å². The van der Waals surface area contributed by atoms with Crippen molar-refractivity contribution < 1.29 is 0 Å². The molecule has 0 aliphatic carbocycles. The van der Waals surface area contributed by atoms with Crippen molar-refractivity contribution in [3.8, 4) is 0 Å². The maximum atomic E-state index is 4.09. The average Bonchev–Trinajstić information content (AvgIpc) is 2.99. The van der Waals surface area contributed by atoms with Gasteiger partial charge in [0.25, 0.3) is 0 Å². The van der Waals surface area contributed by atoms with E-state index in [9.17, 15) is 0 Å². The highest BCUT2D eigenvalue weighted by atomic mass is 32.2. The highest BCUT2D eigenvalue weighted by Crippen LogP contribution is 2.53. The van der Waals surface area contributed by atoms with E-state index in [-0.39, 0.29) is 0 Å². The fraction of sp³-hybridized carbons (Fsp3) is 0.769. The lowest BCUT2D eigenvalue weighted by Crippen LogP contribution is -2.17. The van der Waals surface area contributed by atoms with E-state index in [0.717, 1.165) is 11.8 Å². The lowest BCUT2D eigenvalue weighted by Gasteiger charge is -2.26. The summed E-state index contributed by atoms with van der Waals surface area (Å²) >= 11 is 4.43. The molecule has 2 unspecified atom stereocenters. The fourth-order valence-corrected chi connectivity index (χ4v) is 6.04. The smallest absolute Gasteiger partial charge is 0.0945 e. The van der Waals surface area contributed by atoms with Gasteiger partial charge in [0.1, 0.15) is 0 Å². The second-order valence-electron chi connectivity index (χ2n) is 4.63. The monoisotopic (exact) mass is 270 g/mol. The fourth-order valence-electron chi connectivity index (χ4n) is 2.26. The standard InChI is InChI=1S/C13H22N2S2/c1-3-12-10-16-13(4-2,17-12)6-5-8-15-9-7-14-11-15/h7,9,11-12H,3-6,8,10H2,1-2H3. The quantitative estimate of drug-likeness (QED) is 0.777. The number of rotatable bonds is 6. The summed E-state index contributed by atoms with van der Waals surface area (Å²) in [6.07, 6.45) is 11.0. The molecule has 0 aromatic carbocycles. The maximum absolute atomic E-state index is 4.09. The number of hydrogen-bond acceptors (Lipinski definition) is 3. The first-order chi connectivity index (χ1) is 8.28. The van der Waals surface area contributed by atoms with Gasteiger partial charge in [-0.1, -0.05) is 13.8 Å². The first kappa shape index (κ1) is 13.3. The predicted octanol–water partition coefficient (Wildman–Crippen LogP) is 4.03. The Hall–Kier alpha value is -0.0900. The van der Waals surface area contributed by atoms with Crippen LogP contribution in [0.4, 0.5) is 0 Å². The maximum Gasteiger partial charge on any atom is 0.0945 e. The third-order valence-electron chi connectivity index (χ3n) is 3.44. The van der Waals surface area contributed by atoms with Crippen LogP contribution in [-0.4, -0.2) is 24.6 Å². The SMILES string of the molecule is CCC1CSC(CC)(CCCn2ccnc2)S1. The van der Waals surface area contributed by atoms with Crippen LogP contribution in [0.3, 0.4) is 0 Å². The molecule has 0 N–H and O–H groups in total. The highest BCUT2D eigenvalue weighted by Gasteiger charge is 2.37. The largest absolute Gasteiger partial charge is 0.337 e. The number of aryl methyl sites for hydroxylation is 1. The lowest BCUT2D eigenvalue weighted by atomic mass is 10.2. The molecule has 0 spiro atoms. The van der Waals surface area contributed by atoms with Crippen molar-refractivity contribution in [1.29, 1.82) is 0 Å². The van der Waals surface area contributed by atoms with Crippen molar-refractivity contribution in [3.63, 3.8) is 0 Å². The van der Waals surface area contributed by atoms with Crippen molar-refractivity contribution >= 4 is 23.5 Å². The predicted molar refractivity (Wildman–Crippen MR) is 78.6 cm³/mol. The Morgan fingerprint density at radius 3 is 2.94 bits per heavy atom. The Bertz CT molecular complexity index is 326. The van der Waals surface area contributed by atoms with Crippen LogP contribution in [0.25, 0.3) is 0 Å². The van der Waals surface area contributed by atoms with E-state index in [1.54, 1.807) is 0 Å². The Balaban J connectivity index is 1.80. The van der Waals surface area contributed by atoms with Crippen molar-refractivity contribution in [2.24, 2.45) is 0 Å².